The molecule has 5 nitrogen and oxygen atoms in total. The first kappa shape index (κ1) is 14.2. The molecule has 0 aliphatic rings. The van der Waals surface area contributed by atoms with E-state index in [9.17, 15) is 0 Å². The predicted molar refractivity (Wildman–Crippen MR) is 61.0 cm³/mol. The molecule has 0 rings (SSSR count). The lowest BCUT2D eigenvalue weighted by molar-refractivity contribution is 0.0373. The predicted octanol–water partition coefficient (Wildman–Crippen LogP) is 0.549. The summed E-state index contributed by atoms with van der Waals surface area (Å²) in [6.07, 6.45) is 0.851. The first-order chi connectivity index (χ1) is 7.13. The standard InChI is InChI=1S/C10H23N3O2/c1-9(2)8-15-7-6-14-5-3-4-13-10(11)12/h9H,3-8H2,1-2H3,(H4,11,12,13). The smallest absolute Gasteiger partial charge is 0.185 e. The summed E-state index contributed by atoms with van der Waals surface area (Å²) in [4.78, 5) is 0. The van der Waals surface area contributed by atoms with E-state index in [4.69, 9.17) is 20.6 Å². The van der Waals surface area contributed by atoms with Crippen LogP contribution in [0.15, 0.2) is 0 Å². The second kappa shape index (κ2) is 9.73. The third kappa shape index (κ3) is 13.2. The minimum atomic E-state index is 0.00951. The van der Waals surface area contributed by atoms with Gasteiger partial charge in [-0.25, -0.2) is 0 Å². The van der Waals surface area contributed by atoms with Crippen molar-refractivity contribution in [3.05, 3.63) is 0 Å². The summed E-state index contributed by atoms with van der Waals surface area (Å²) >= 11 is 0. The van der Waals surface area contributed by atoms with Crippen molar-refractivity contribution in [2.24, 2.45) is 11.7 Å². The van der Waals surface area contributed by atoms with Crippen LogP contribution in [0.4, 0.5) is 0 Å². The van der Waals surface area contributed by atoms with Crippen LogP contribution in [0.1, 0.15) is 20.3 Å². The van der Waals surface area contributed by atoms with Crippen molar-refractivity contribution in [3.8, 4) is 0 Å². The highest BCUT2D eigenvalue weighted by Gasteiger charge is 1.94. The summed E-state index contributed by atoms with van der Waals surface area (Å²) in [7, 11) is 0. The minimum absolute atomic E-state index is 0.00951. The second-order valence-electron chi connectivity index (χ2n) is 3.78. The van der Waals surface area contributed by atoms with Gasteiger partial charge in [0.2, 0.25) is 0 Å². The van der Waals surface area contributed by atoms with Gasteiger partial charge in [-0.3, -0.25) is 5.41 Å². The number of ether oxygens (including phenoxy) is 2. The maximum atomic E-state index is 6.91. The minimum Gasteiger partial charge on any atom is -0.379 e. The maximum Gasteiger partial charge on any atom is 0.185 e. The number of nitrogens with one attached hydrogen (secondary N) is 2. The Balaban J connectivity index is 2.96. The fraction of sp³-hybridized carbons (Fsp3) is 0.900. The molecule has 15 heavy (non-hydrogen) atoms. The Labute approximate surface area is 91.8 Å². The third-order valence-electron chi connectivity index (χ3n) is 1.60. The van der Waals surface area contributed by atoms with Crippen molar-refractivity contribution in [1.29, 1.82) is 5.41 Å². The average molecular weight is 217 g/mol. The van der Waals surface area contributed by atoms with Crippen LogP contribution in [0.5, 0.6) is 0 Å². The molecule has 0 aromatic carbocycles. The van der Waals surface area contributed by atoms with Gasteiger partial charge in [0.1, 0.15) is 0 Å². The van der Waals surface area contributed by atoms with Crippen LogP contribution >= 0.6 is 0 Å². The summed E-state index contributed by atoms with van der Waals surface area (Å²) in [5.41, 5.74) is 5.11. The van der Waals surface area contributed by atoms with Crippen molar-refractivity contribution in [2.75, 3.05) is 33.0 Å². The fourth-order valence-electron chi connectivity index (χ4n) is 0.936. The number of hydrogen-bond acceptors (Lipinski definition) is 3. The van der Waals surface area contributed by atoms with Crippen molar-refractivity contribution in [3.63, 3.8) is 0 Å². The van der Waals surface area contributed by atoms with Crippen molar-refractivity contribution in [1.82, 2.24) is 5.32 Å². The Bertz CT molecular complexity index is 163. The molecule has 0 aliphatic carbocycles. The first-order valence-electron chi connectivity index (χ1n) is 5.36. The Morgan fingerprint density at radius 3 is 2.53 bits per heavy atom. The van der Waals surface area contributed by atoms with Crippen LogP contribution in [0.2, 0.25) is 0 Å². The summed E-state index contributed by atoms with van der Waals surface area (Å²) in [6, 6.07) is 0. The van der Waals surface area contributed by atoms with Gasteiger partial charge in [0.15, 0.2) is 5.96 Å². The van der Waals surface area contributed by atoms with Crippen LogP contribution in [-0.4, -0.2) is 38.9 Å². The van der Waals surface area contributed by atoms with E-state index in [-0.39, 0.29) is 5.96 Å². The topological polar surface area (TPSA) is 80.4 Å². The third-order valence-corrected chi connectivity index (χ3v) is 1.60. The summed E-state index contributed by atoms with van der Waals surface area (Å²) in [5.74, 6) is 0.583. The van der Waals surface area contributed by atoms with Crippen molar-refractivity contribution >= 4 is 5.96 Å². The lowest BCUT2D eigenvalue weighted by Gasteiger charge is -2.07. The van der Waals surface area contributed by atoms with Gasteiger partial charge in [-0.05, 0) is 12.3 Å². The fourth-order valence-corrected chi connectivity index (χ4v) is 0.936. The normalized spacial score (nSPS) is 10.6. The molecule has 0 bridgehead atoms. The van der Waals surface area contributed by atoms with E-state index in [0.717, 1.165) is 13.0 Å². The molecule has 0 atom stereocenters. The molecule has 90 valence electrons. The molecule has 0 fully saturated rings. The number of hydrogen-bond donors (Lipinski definition) is 3. The van der Waals surface area contributed by atoms with Crippen molar-refractivity contribution in [2.45, 2.75) is 20.3 Å². The summed E-state index contributed by atoms with van der Waals surface area (Å²) in [5, 5.41) is 9.62. The van der Waals surface area contributed by atoms with Gasteiger partial charge >= 0.3 is 0 Å². The van der Waals surface area contributed by atoms with Gasteiger partial charge < -0.3 is 20.5 Å². The molecule has 0 spiro atoms. The van der Waals surface area contributed by atoms with Gasteiger partial charge in [-0.15, -0.1) is 0 Å². The van der Waals surface area contributed by atoms with Crippen LogP contribution < -0.4 is 11.1 Å². The van der Waals surface area contributed by atoms with Crippen LogP contribution in [0.25, 0.3) is 0 Å². The monoisotopic (exact) mass is 217 g/mol. The van der Waals surface area contributed by atoms with Crippen LogP contribution in [-0.2, 0) is 9.47 Å². The zero-order chi connectivity index (χ0) is 11.5. The van der Waals surface area contributed by atoms with E-state index < -0.39 is 0 Å². The molecular formula is C10H23N3O2. The quantitative estimate of drug-likeness (QED) is 0.299. The Morgan fingerprint density at radius 2 is 1.93 bits per heavy atom. The molecule has 0 aliphatic heterocycles. The molecule has 0 unspecified atom stereocenters. The maximum absolute atomic E-state index is 6.91. The molecule has 0 radical (unpaired) electrons. The van der Waals surface area contributed by atoms with Gasteiger partial charge in [-0.1, -0.05) is 13.8 Å². The number of guanidine groups is 1. The Hall–Kier alpha value is -0.810. The van der Waals surface area contributed by atoms with E-state index in [1.165, 1.54) is 0 Å². The SMILES string of the molecule is CC(C)COCCOCCCNC(=N)N. The molecule has 0 aromatic heterocycles. The average Bonchev–Trinajstić information content (AvgIpc) is 2.14. The van der Waals surface area contributed by atoms with Gasteiger partial charge in [-0.2, -0.15) is 0 Å². The van der Waals surface area contributed by atoms with E-state index in [1.807, 2.05) is 0 Å². The largest absolute Gasteiger partial charge is 0.379 e. The molecule has 5 heteroatoms. The molecular weight excluding hydrogens is 194 g/mol. The highest BCUT2D eigenvalue weighted by Crippen LogP contribution is 1.92. The van der Waals surface area contributed by atoms with E-state index >= 15 is 0 Å². The van der Waals surface area contributed by atoms with E-state index in [1.54, 1.807) is 0 Å². The second-order valence-corrected chi connectivity index (χ2v) is 3.78. The summed E-state index contributed by atoms with van der Waals surface area (Å²) in [6.45, 7) is 7.66. The van der Waals surface area contributed by atoms with Gasteiger partial charge in [0, 0.05) is 19.8 Å². The number of rotatable bonds is 9. The zero-order valence-electron chi connectivity index (χ0n) is 9.71. The lowest BCUT2D eigenvalue weighted by Crippen LogP contribution is -2.31. The van der Waals surface area contributed by atoms with Crippen LogP contribution in [0.3, 0.4) is 0 Å². The van der Waals surface area contributed by atoms with Gasteiger partial charge in [0.05, 0.1) is 13.2 Å². The lowest BCUT2D eigenvalue weighted by atomic mass is 10.2. The first-order valence-corrected chi connectivity index (χ1v) is 5.36. The van der Waals surface area contributed by atoms with E-state index in [2.05, 4.69) is 19.2 Å². The Morgan fingerprint density at radius 1 is 1.27 bits per heavy atom. The van der Waals surface area contributed by atoms with Gasteiger partial charge in [0.25, 0.3) is 0 Å². The van der Waals surface area contributed by atoms with E-state index in [0.29, 0.717) is 32.3 Å². The highest BCUT2D eigenvalue weighted by molar-refractivity contribution is 5.74. The molecule has 0 saturated carbocycles. The van der Waals surface area contributed by atoms with Crippen molar-refractivity contribution < 1.29 is 9.47 Å². The molecule has 0 amide bonds. The Kier molecular flexibility index (Phi) is 9.21. The highest BCUT2D eigenvalue weighted by atomic mass is 16.5. The summed E-state index contributed by atoms with van der Waals surface area (Å²) < 4.78 is 10.7. The molecule has 0 aromatic rings. The molecule has 4 N–H and O–H groups in total. The van der Waals surface area contributed by atoms with Crippen LogP contribution in [0, 0.1) is 11.3 Å². The molecule has 0 heterocycles. The molecule has 0 saturated heterocycles. The zero-order valence-corrected chi connectivity index (χ0v) is 9.71. The number of nitrogens with two attached hydrogens (primary N) is 1.